The Balaban J connectivity index is 2.22. The van der Waals surface area contributed by atoms with E-state index < -0.39 is 15.7 Å². The Bertz CT molecular complexity index is 648. The van der Waals surface area contributed by atoms with Crippen molar-refractivity contribution < 1.29 is 13.2 Å². The quantitative estimate of drug-likeness (QED) is 0.783. The average Bonchev–Trinajstić information content (AvgIpc) is 2.49. The molecule has 0 saturated carbocycles. The highest BCUT2D eigenvalue weighted by Gasteiger charge is 2.24. The lowest BCUT2D eigenvalue weighted by Crippen LogP contribution is -2.36. The lowest BCUT2D eigenvalue weighted by atomic mass is 10.2. The molecular formula is C12H16N2O4S. The highest BCUT2D eigenvalue weighted by atomic mass is 32.2. The van der Waals surface area contributed by atoms with Crippen LogP contribution in [0.5, 0.6) is 0 Å². The lowest BCUT2D eigenvalue weighted by Gasteiger charge is -2.19. The average molecular weight is 284 g/mol. The standard InChI is InChI=1S/C12H16N2O4S/c1-9-7-11(15)10(8-13-9)12(16)14-3-2-5-19(17,18)6-4-14/h7-8H,2-6H2,1H3,(H,13,15). The summed E-state index contributed by atoms with van der Waals surface area (Å²) in [4.78, 5) is 28.2. The number of nitrogens with one attached hydrogen (secondary N) is 1. The van der Waals surface area contributed by atoms with E-state index in [9.17, 15) is 18.0 Å². The van der Waals surface area contributed by atoms with Crippen LogP contribution in [0.4, 0.5) is 0 Å². The fourth-order valence-electron chi connectivity index (χ4n) is 2.05. The van der Waals surface area contributed by atoms with Crippen LogP contribution in [0.25, 0.3) is 0 Å². The van der Waals surface area contributed by atoms with Crippen LogP contribution in [-0.4, -0.2) is 48.8 Å². The summed E-state index contributed by atoms with van der Waals surface area (Å²) in [7, 11) is -3.06. The number of rotatable bonds is 1. The first-order chi connectivity index (χ1) is 8.89. The summed E-state index contributed by atoms with van der Waals surface area (Å²) in [5.74, 6) is -0.345. The Kier molecular flexibility index (Phi) is 3.75. The number of amides is 1. The van der Waals surface area contributed by atoms with Crippen LogP contribution in [0.2, 0.25) is 0 Å². The Morgan fingerprint density at radius 3 is 2.74 bits per heavy atom. The number of aryl methyl sites for hydroxylation is 1. The summed E-state index contributed by atoms with van der Waals surface area (Å²) < 4.78 is 23.0. The predicted molar refractivity (Wildman–Crippen MR) is 71.0 cm³/mol. The molecule has 6 nitrogen and oxygen atoms in total. The zero-order valence-corrected chi connectivity index (χ0v) is 11.5. The maximum Gasteiger partial charge on any atom is 0.259 e. The number of nitrogens with zero attached hydrogens (tertiary/aromatic N) is 1. The first-order valence-corrected chi connectivity index (χ1v) is 7.90. The number of H-pyrrole nitrogens is 1. The van der Waals surface area contributed by atoms with Gasteiger partial charge in [0.1, 0.15) is 5.56 Å². The first kappa shape index (κ1) is 13.8. The minimum Gasteiger partial charge on any atom is -0.364 e. The molecule has 0 aliphatic carbocycles. The van der Waals surface area contributed by atoms with Crippen LogP contribution in [0, 0.1) is 6.92 Å². The zero-order chi connectivity index (χ0) is 14.0. The fourth-order valence-corrected chi connectivity index (χ4v) is 3.32. The number of carbonyl (C=O) groups is 1. The normalized spacial score (nSPS) is 18.9. The molecule has 19 heavy (non-hydrogen) atoms. The molecule has 0 unspecified atom stereocenters. The van der Waals surface area contributed by atoms with Crippen molar-refractivity contribution in [1.29, 1.82) is 0 Å². The van der Waals surface area contributed by atoms with Gasteiger partial charge in [-0.05, 0) is 13.3 Å². The summed E-state index contributed by atoms with van der Waals surface area (Å²) in [6.45, 7) is 2.24. The highest BCUT2D eigenvalue weighted by molar-refractivity contribution is 7.91. The van der Waals surface area contributed by atoms with Crippen molar-refractivity contribution in [1.82, 2.24) is 9.88 Å². The number of aromatic nitrogens is 1. The monoisotopic (exact) mass is 284 g/mol. The molecule has 104 valence electrons. The molecule has 1 amide bonds. The Hall–Kier alpha value is -1.63. The summed E-state index contributed by atoms with van der Waals surface area (Å²) in [6.07, 6.45) is 1.80. The molecule has 1 fully saturated rings. The summed E-state index contributed by atoms with van der Waals surface area (Å²) in [6, 6.07) is 1.36. The van der Waals surface area contributed by atoms with Crippen molar-refractivity contribution in [3.8, 4) is 0 Å². The Labute approximate surface area is 111 Å². The number of hydrogen-bond donors (Lipinski definition) is 1. The van der Waals surface area contributed by atoms with Gasteiger partial charge in [0.2, 0.25) is 0 Å². The van der Waals surface area contributed by atoms with E-state index in [1.165, 1.54) is 17.2 Å². The molecular weight excluding hydrogens is 268 g/mol. The van der Waals surface area contributed by atoms with E-state index in [-0.39, 0.29) is 29.0 Å². The van der Waals surface area contributed by atoms with Crippen LogP contribution in [-0.2, 0) is 9.84 Å². The second-order valence-electron chi connectivity index (χ2n) is 4.69. The van der Waals surface area contributed by atoms with E-state index in [0.717, 1.165) is 0 Å². The number of sulfone groups is 1. The van der Waals surface area contributed by atoms with Crippen LogP contribution < -0.4 is 5.43 Å². The van der Waals surface area contributed by atoms with Gasteiger partial charge in [0, 0.05) is 31.0 Å². The van der Waals surface area contributed by atoms with Gasteiger partial charge in [-0.15, -0.1) is 0 Å². The number of hydrogen-bond acceptors (Lipinski definition) is 4. The van der Waals surface area contributed by atoms with Gasteiger partial charge >= 0.3 is 0 Å². The van der Waals surface area contributed by atoms with E-state index in [4.69, 9.17) is 0 Å². The minimum absolute atomic E-state index is 0.0392. The predicted octanol–water partition coefficient (Wildman–Crippen LogP) is -0.0560. The maximum atomic E-state index is 12.2. The van der Waals surface area contributed by atoms with E-state index in [2.05, 4.69) is 4.98 Å². The topological polar surface area (TPSA) is 87.3 Å². The van der Waals surface area contributed by atoms with Gasteiger partial charge in [-0.25, -0.2) is 8.42 Å². The summed E-state index contributed by atoms with van der Waals surface area (Å²) >= 11 is 0. The number of pyridine rings is 1. The van der Waals surface area contributed by atoms with E-state index in [1.807, 2.05) is 0 Å². The first-order valence-electron chi connectivity index (χ1n) is 6.08. The van der Waals surface area contributed by atoms with Crippen molar-refractivity contribution in [2.45, 2.75) is 13.3 Å². The molecule has 1 aliphatic heterocycles. The second-order valence-corrected chi connectivity index (χ2v) is 7.00. The van der Waals surface area contributed by atoms with Gasteiger partial charge in [0.05, 0.1) is 11.5 Å². The third-order valence-electron chi connectivity index (χ3n) is 3.13. The lowest BCUT2D eigenvalue weighted by molar-refractivity contribution is 0.0767. The second kappa shape index (κ2) is 5.16. The molecule has 0 atom stereocenters. The van der Waals surface area contributed by atoms with E-state index in [0.29, 0.717) is 18.7 Å². The van der Waals surface area contributed by atoms with Crippen LogP contribution in [0.15, 0.2) is 17.1 Å². The Morgan fingerprint density at radius 1 is 1.32 bits per heavy atom. The van der Waals surface area contributed by atoms with Crippen molar-refractivity contribution in [2.75, 3.05) is 24.6 Å². The van der Waals surface area contributed by atoms with Crippen molar-refractivity contribution >= 4 is 15.7 Å². The van der Waals surface area contributed by atoms with Crippen LogP contribution in [0.1, 0.15) is 22.5 Å². The van der Waals surface area contributed by atoms with Gasteiger partial charge in [0.25, 0.3) is 5.91 Å². The number of carbonyl (C=O) groups excluding carboxylic acids is 1. The molecule has 2 heterocycles. The minimum atomic E-state index is -3.06. The molecule has 2 rings (SSSR count). The number of aromatic amines is 1. The largest absolute Gasteiger partial charge is 0.364 e. The molecule has 0 spiro atoms. The van der Waals surface area contributed by atoms with Gasteiger partial charge in [-0.2, -0.15) is 0 Å². The SMILES string of the molecule is Cc1cc(=O)c(C(=O)N2CCCS(=O)(=O)CC2)c[nH]1. The molecule has 1 aliphatic rings. The third kappa shape index (κ3) is 3.23. The van der Waals surface area contributed by atoms with Crippen LogP contribution in [0.3, 0.4) is 0 Å². The molecule has 0 radical (unpaired) electrons. The maximum absolute atomic E-state index is 12.2. The van der Waals surface area contributed by atoms with Gasteiger partial charge in [-0.1, -0.05) is 0 Å². The van der Waals surface area contributed by atoms with Crippen molar-refractivity contribution in [2.24, 2.45) is 0 Å². The van der Waals surface area contributed by atoms with Crippen LogP contribution >= 0.6 is 0 Å². The van der Waals surface area contributed by atoms with Crippen molar-refractivity contribution in [3.63, 3.8) is 0 Å². The molecule has 0 bridgehead atoms. The molecule has 7 heteroatoms. The van der Waals surface area contributed by atoms with Gasteiger partial charge < -0.3 is 9.88 Å². The molecule has 1 N–H and O–H groups in total. The summed E-state index contributed by atoms with van der Waals surface area (Å²) in [5, 5.41) is 0. The van der Waals surface area contributed by atoms with Crippen molar-refractivity contribution in [3.05, 3.63) is 33.7 Å². The van der Waals surface area contributed by atoms with Gasteiger partial charge in [0.15, 0.2) is 15.3 Å². The molecule has 0 aromatic carbocycles. The highest BCUT2D eigenvalue weighted by Crippen LogP contribution is 2.08. The Morgan fingerprint density at radius 2 is 2.05 bits per heavy atom. The smallest absolute Gasteiger partial charge is 0.259 e. The summed E-state index contributed by atoms with van der Waals surface area (Å²) in [5.41, 5.74) is 0.401. The van der Waals surface area contributed by atoms with Gasteiger partial charge in [-0.3, -0.25) is 9.59 Å². The molecule has 1 saturated heterocycles. The van der Waals surface area contributed by atoms with E-state index in [1.54, 1.807) is 6.92 Å². The van der Waals surface area contributed by atoms with E-state index >= 15 is 0 Å². The zero-order valence-electron chi connectivity index (χ0n) is 10.7. The molecule has 1 aromatic rings. The third-order valence-corrected chi connectivity index (χ3v) is 4.85. The molecule has 1 aromatic heterocycles. The fraction of sp³-hybridized carbons (Fsp3) is 0.500.